The SMILES string of the molecule is CC(C)c1cc(Br)cnc1C#CSI. The van der Waals surface area contributed by atoms with E-state index in [-0.39, 0.29) is 0 Å². The van der Waals surface area contributed by atoms with Crippen molar-refractivity contribution in [2.75, 3.05) is 0 Å². The summed E-state index contributed by atoms with van der Waals surface area (Å²) < 4.78 is 1.01. The largest absolute Gasteiger partial charge is 0.246 e. The molecule has 1 heterocycles. The molecule has 0 bridgehead atoms. The molecule has 0 N–H and O–H groups in total. The molecule has 0 unspecified atom stereocenters. The molecule has 0 aliphatic heterocycles. The van der Waals surface area contributed by atoms with E-state index in [1.165, 1.54) is 14.5 Å². The summed E-state index contributed by atoms with van der Waals surface area (Å²) in [6, 6.07) is 2.08. The molecular weight excluding hydrogens is 373 g/mol. The van der Waals surface area contributed by atoms with E-state index in [1.54, 1.807) is 6.20 Å². The fourth-order valence-electron chi connectivity index (χ4n) is 1.07. The summed E-state index contributed by atoms with van der Waals surface area (Å²) in [6.45, 7) is 4.29. The fraction of sp³-hybridized carbons (Fsp3) is 0.300. The second-order valence-electron chi connectivity index (χ2n) is 3.05. The maximum absolute atomic E-state index is 4.30. The molecule has 74 valence electrons. The van der Waals surface area contributed by atoms with Crippen molar-refractivity contribution in [2.45, 2.75) is 19.8 Å². The van der Waals surface area contributed by atoms with Crippen LogP contribution in [0.2, 0.25) is 0 Å². The van der Waals surface area contributed by atoms with Crippen LogP contribution < -0.4 is 0 Å². The third-order valence-corrected chi connectivity index (χ3v) is 2.99. The number of hydrogen-bond acceptors (Lipinski definition) is 2. The molecule has 1 rings (SSSR count). The second kappa shape index (κ2) is 5.99. The highest BCUT2D eigenvalue weighted by Crippen LogP contribution is 2.21. The molecule has 0 aromatic carbocycles. The molecule has 0 spiro atoms. The van der Waals surface area contributed by atoms with Gasteiger partial charge in [-0.1, -0.05) is 13.8 Å². The van der Waals surface area contributed by atoms with Gasteiger partial charge in [0.1, 0.15) is 5.69 Å². The molecule has 1 aromatic heterocycles. The first-order valence-electron chi connectivity index (χ1n) is 4.09. The van der Waals surface area contributed by atoms with Gasteiger partial charge in [-0.3, -0.25) is 0 Å². The number of aromatic nitrogens is 1. The predicted molar refractivity (Wildman–Crippen MR) is 74.5 cm³/mol. The van der Waals surface area contributed by atoms with E-state index in [2.05, 4.69) is 73.2 Å². The smallest absolute Gasteiger partial charge is 0.117 e. The van der Waals surface area contributed by atoms with Crippen LogP contribution in [0.25, 0.3) is 0 Å². The lowest BCUT2D eigenvalue weighted by molar-refractivity contribution is 0.851. The number of nitrogens with zero attached hydrogens (tertiary/aromatic N) is 1. The first-order chi connectivity index (χ1) is 6.65. The van der Waals surface area contributed by atoms with Crippen molar-refractivity contribution in [1.82, 2.24) is 4.98 Å². The van der Waals surface area contributed by atoms with Crippen molar-refractivity contribution >= 4 is 46.1 Å². The molecule has 0 atom stereocenters. The van der Waals surface area contributed by atoms with Crippen LogP contribution in [-0.2, 0) is 0 Å². The summed E-state index contributed by atoms with van der Waals surface area (Å²) >= 11 is 5.57. The third kappa shape index (κ3) is 3.44. The van der Waals surface area contributed by atoms with Gasteiger partial charge >= 0.3 is 0 Å². The Balaban J connectivity index is 3.15. The van der Waals surface area contributed by atoms with Gasteiger partial charge in [0, 0.05) is 31.9 Å². The maximum Gasteiger partial charge on any atom is 0.117 e. The molecule has 0 fully saturated rings. The van der Waals surface area contributed by atoms with Crippen molar-refractivity contribution in [2.24, 2.45) is 0 Å². The maximum atomic E-state index is 4.30. The van der Waals surface area contributed by atoms with Crippen LogP contribution in [0.4, 0.5) is 0 Å². The van der Waals surface area contributed by atoms with Gasteiger partial charge < -0.3 is 0 Å². The lowest BCUT2D eigenvalue weighted by Gasteiger charge is -2.07. The Morgan fingerprint density at radius 2 is 2.29 bits per heavy atom. The van der Waals surface area contributed by atoms with E-state index in [9.17, 15) is 0 Å². The van der Waals surface area contributed by atoms with Crippen LogP contribution in [0.15, 0.2) is 16.7 Å². The number of hydrogen-bond donors (Lipinski definition) is 0. The second-order valence-corrected chi connectivity index (χ2v) is 5.65. The molecule has 1 nitrogen and oxygen atoms in total. The van der Waals surface area contributed by atoms with E-state index in [0.717, 1.165) is 10.2 Å². The first-order valence-corrected chi connectivity index (χ1v) is 8.24. The molecule has 0 aliphatic carbocycles. The predicted octanol–water partition coefficient (Wildman–Crippen LogP) is 4.36. The van der Waals surface area contributed by atoms with Crippen LogP contribution in [0.5, 0.6) is 0 Å². The highest BCUT2D eigenvalue weighted by Gasteiger charge is 2.06. The zero-order chi connectivity index (χ0) is 10.6. The van der Waals surface area contributed by atoms with Gasteiger partial charge in [-0.25, -0.2) is 4.98 Å². The minimum atomic E-state index is 0.448. The summed E-state index contributed by atoms with van der Waals surface area (Å²) in [7, 11) is 1.48. The number of halogens is 2. The van der Waals surface area contributed by atoms with Crippen LogP contribution in [0.3, 0.4) is 0 Å². The number of pyridine rings is 1. The average molecular weight is 382 g/mol. The monoisotopic (exact) mass is 381 g/mol. The van der Waals surface area contributed by atoms with E-state index >= 15 is 0 Å². The van der Waals surface area contributed by atoms with Gasteiger partial charge in [0.05, 0.1) is 0 Å². The minimum Gasteiger partial charge on any atom is -0.246 e. The zero-order valence-electron chi connectivity index (χ0n) is 7.84. The minimum absolute atomic E-state index is 0.448. The highest BCUT2D eigenvalue weighted by atomic mass is 127. The van der Waals surface area contributed by atoms with Crippen molar-refractivity contribution < 1.29 is 0 Å². The lowest BCUT2D eigenvalue weighted by atomic mass is 10.0. The Labute approximate surface area is 109 Å². The van der Waals surface area contributed by atoms with Crippen molar-refractivity contribution in [1.29, 1.82) is 0 Å². The molecule has 14 heavy (non-hydrogen) atoms. The molecule has 4 heteroatoms. The molecule has 1 aromatic rings. The van der Waals surface area contributed by atoms with Gasteiger partial charge in [0.25, 0.3) is 0 Å². The van der Waals surface area contributed by atoms with Crippen LogP contribution in [0.1, 0.15) is 31.0 Å². The number of rotatable bonds is 1. The van der Waals surface area contributed by atoms with Gasteiger partial charge in [0.15, 0.2) is 0 Å². The highest BCUT2D eigenvalue weighted by molar-refractivity contribution is 14.2. The standard InChI is InChI=1S/C10H9BrINS/c1-7(2)9-5-8(11)6-13-10(9)3-4-14-12/h5-7H,1-2H3. The Kier molecular flexibility index (Phi) is 5.28. The van der Waals surface area contributed by atoms with Crippen molar-refractivity contribution in [3.05, 3.63) is 28.0 Å². The van der Waals surface area contributed by atoms with Crippen LogP contribution >= 0.6 is 46.1 Å². The van der Waals surface area contributed by atoms with E-state index in [1.807, 2.05) is 0 Å². The molecule has 0 amide bonds. The first kappa shape index (κ1) is 12.3. The van der Waals surface area contributed by atoms with Gasteiger partial charge in [0.2, 0.25) is 0 Å². The van der Waals surface area contributed by atoms with Gasteiger partial charge in [-0.05, 0) is 53.6 Å². The fourth-order valence-corrected chi connectivity index (χ4v) is 1.88. The third-order valence-electron chi connectivity index (χ3n) is 1.71. The van der Waals surface area contributed by atoms with Crippen molar-refractivity contribution in [3.8, 4) is 11.2 Å². The summed E-state index contributed by atoms with van der Waals surface area (Å²) in [6.07, 6.45) is 1.79. The molecule has 0 saturated carbocycles. The Bertz CT molecular complexity index is 381. The topological polar surface area (TPSA) is 12.9 Å². The average Bonchev–Trinajstić information content (AvgIpc) is 2.15. The molecule has 0 aliphatic rings. The Hall–Kier alpha value is 0.270. The lowest BCUT2D eigenvalue weighted by Crippen LogP contribution is -1.95. The normalized spacial score (nSPS) is 9.79. The summed E-state index contributed by atoms with van der Waals surface area (Å²) in [5, 5.41) is 2.95. The van der Waals surface area contributed by atoms with Crippen LogP contribution in [-0.4, -0.2) is 4.98 Å². The Morgan fingerprint density at radius 1 is 1.57 bits per heavy atom. The Morgan fingerprint density at radius 3 is 2.86 bits per heavy atom. The quantitative estimate of drug-likeness (QED) is 0.529. The van der Waals surface area contributed by atoms with E-state index in [4.69, 9.17) is 0 Å². The van der Waals surface area contributed by atoms with Crippen molar-refractivity contribution in [3.63, 3.8) is 0 Å². The molecular formula is C10H9BrINS. The summed E-state index contributed by atoms with van der Waals surface area (Å²) in [4.78, 5) is 4.30. The summed E-state index contributed by atoms with van der Waals surface area (Å²) in [5.74, 6) is 3.49. The van der Waals surface area contributed by atoms with E-state index < -0.39 is 0 Å². The molecule has 0 radical (unpaired) electrons. The van der Waals surface area contributed by atoms with Crippen LogP contribution in [0, 0.1) is 11.2 Å². The van der Waals surface area contributed by atoms with Gasteiger partial charge in [-0.15, -0.1) is 0 Å². The summed E-state index contributed by atoms with van der Waals surface area (Å²) in [5.41, 5.74) is 2.07. The molecule has 0 saturated heterocycles. The zero-order valence-corrected chi connectivity index (χ0v) is 12.4. The van der Waals surface area contributed by atoms with E-state index in [0.29, 0.717) is 5.92 Å². The van der Waals surface area contributed by atoms with Gasteiger partial charge in [-0.2, -0.15) is 0 Å².